The van der Waals surface area contributed by atoms with Crippen LogP contribution in [0, 0.1) is 11.6 Å². The first-order valence-electron chi connectivity index (χ1n) is 12.8. The Morgan fingerprint density at radius 1 is 1.15 bits per heavy atom. The van der Waals surface area contributed by atoms with Crippen molar-refractivity contribution in [2.24, 2.45) is 5.73 Å². The Kier molecular flexibility index (Phi) is 7.66. The smallest absolute Gasteiger partial charge is 0.276 e. The van der Waals surface area contributed by atoms with Crippen molar-refractivity contribution in [1.29, 1.82) is 0 Å². The largest absolute Gasteiger partial charge is 0.483 e. The molecule has 3 aromatic rings. The second kappa shape index (κ2) is 11.1. The Balaban J connectivity index is 1.54. The average Bonchev–Trinajstić information content (AvgIpc) is 3.25. The van der Waals surface area contributed by atoms with Gasteiger partial charge in [-0.25, -0.2) is 17.2 Å². The first-order chi connectivity index (χ1) is 19.4. The summed E-state index contributed by atoms with van der Waals surface area (Å²) in [5.41, 5.74) is 4.89. The quantitative estimate of drug-likeness (QED) is 0.404. The number of hydrogen-bond donors (Lipinski definition) is 1. The molecule has 1 aromatic heterocycles. The summed E-state index contributed by atoms with van der Waals surface area (Å²) in [6, 6.07) is 11.1. The zero-order valence-electron chi connectivity index (χ0n) is 22.0. The summed E-state index contributed by atoms with van der Waals surface area (Å²) in [6.07, 6.45) is 0.348. The van der Waals surface area contributed by atoms with Crippen molar-refractivity contribution in [3.63, 3.8) is 0 Å². The summed E-state index contributed by atoms with van der Waals surface area (Å²) in [6.45, 7) is -0.121. The van der Waals surface area contributed by atoms with E-state index in [-0.39, 0.29) is 54.3 Å². The number of carbonyl (C=O) groups is 2. The fourth-order valence-electron chi connectivity index (χ4n) is 5.24. The number of benzene rings is 2. The molecule has 216 valence electrons. The lowest BCUT2D eigenvalue weighted by atomic mass is 9.98. The molecule has 0 radical (unpaired) electrons. The van der Waals surface area contributed by atoms with Crippen LogP contribution in [-0.2, 0) is 34.1 Å². The molecule has 2 N–H and O–H groups in total. The van der Waals surface area contributed by atoms with Crippen molar-refractivity contribution >= 4 is 21.7 Å². The van der Waals surface area contributed by atoms with E-state index in [1.807, 2.05) is 0 Å². The first kappa shape index (κ1) is 28.4. The van der Waals surface area contributed by atoms with E-state index in [0.717, 1.165) is 18.4 Å². The van der Waals surface area contributed by atoms with Gasteiger partial charge in [0.05, 0.1) is 24.4 Å². The van der Waals surface area contributed by atoms with Gasteiger partial charge in [-0.15, -0.1) is 0 Å². The van der Waals surface area contributed by atoms with Crippen LogP contribution in [0.15, 0.2) is 59.5 Å². The summed E-state index contributed by atoms with van der Waals surface area (Å²) >= 11 is 0. The molecule has 0 bridgehead atoms. The summed E-state index contributed by atoms with van der Waals surface area (Å²) in [5.74, 6) is -3.91. The van der Waals surface area contributed by atoms with E-state index in [9.17, 15) is 31.6 Å². The van der Waals surface area contributed by atoms with E-state index in [2.05, 4.69) is 0 Å². The number of pyridine rings is 1. The van der Waals surface area contributed by atoms with Crippen LogP contribution in [0.3, 0.4) is 0 Å². The lowest BCUT2D eigenvalue weighted by molar-refractivity contribution is -0.0147. The van der Waals surface area contributed by atoms with Gasteiger partial charge in [-0.1, -0.05) is 36.4 Å². The van der Waals surface area contributed by atoms with Crippen LogP contribution in [0.1, 0.15) is 38.4 Å². The van der Waals surface area contributed by atoms with Crippen LogP contribution in [0.4, 0.5) is 8.78 Å². The third-order valence-corrected chi connectivity index (χ3v) is 8.15. The van der Waals surface area contributed by atoms with Crippen molar-refractivity contribution in [2.45, 2.75) is 44.4 Å². The molecule has 0 aliphatic carbocycles. The molecule has 1 fully saturated rings. The van der Waals surface area contributed by atoms with Gasteiger partial charge in [0.25, 0.3) is 11.8 Å². The molecule has 3 atom stereocenters. The van der Waals surface area contributed by atoms with Gasteiger partial charge in [0.15, 0.2) is 17.7 Å². The minimum atomic E-state index is -3.46. The highest BCUT2D eigenvalue weighted by Crippen LogP contribution is 2.36. The summed E-state index contributed by atoms with van der Waals surface area (Å²) in [5, 5.41) is 0. The number of nitrogens with two attached hydrogens (primary N) is 1. The molecule has 2 aromatic carbocycles. The molecule has 2 amide bonds. The molecule has 0 saturated carbocycles. The van der Waals surface area contributed by atoms with Crippen molar-refractivity contribution in [3.05, 3.63) is 99.0 Å². The lowest BCUT2D eigenvalue weighted by Crippen LogP contribution is -2.51. The molecule has 13 heteroatoms. The lowest BCUT2D eigenvalue weighted by Gasteiger charge is -2.35. The van der Waals surface area contributed by atoms with E-state index < -0.39 is 57.1 Å². The second-order valence-corrected chi connectivity index (χ2v) is 12.4. The molecule has 1 saturated heterocycles. The first-order valence-corrected chi connectivity index (χ1v) is 14.8. The molecular formula is C28H27F2N3O7S. The highest BCUT2D eigenvalue weighted by atomic mass is 32.2. The third-order valence-electron chi connectivity index (χ3n) is 7.17. The molecular weight excluding hydrogens is 560 g/mol. The van der Waals surface area contributed by atoms with Crippen molar-refractivity contribution in [3.8, 4) is 5.75 Å². The van der Waals surface area contributed by atoms with Gasteiger partial charge < -0.3 is 24.7 Å². The summed E-state index contributed by atoms with van der Waals surface area (Å²) < 4.78 is 65.5. The Hall–Kier alpha value is -4.10. The van der Waals surface area contributed by atoms with E-state index in [1.54, 1.807) is 30.3 Å². The van der Waals surface area contributed by atoms with Gasteiger partial charge in [-0.05, 0) is 23.6 Å². The van der Waals surface area contributed by atoms with Gasteiger partial charge in [0, 0.05) is 24.9 Å². The standard InChI is InChI=1S/C28H27F2N3O7S/c1-41(37,38)10-9-21-22(11-17-7-8-18(29)12-20(17)30)40-23-14-32-13-19(27(31)35)25(34)26(24(32)28(36)33(21)23)39-15-16-5-3-2-4-6-16/h2-8,12-13,21-23H,9-11,14-15H2,1H3,(H2,31,35). The maximum atomic E-state index is 14.5. The Bertz CT molecular complexity index is 1680. The predicted octanol–water partition coefficient (Wildman–Crippen LogP) is 2.03. The van der Waals surface area contributed by atoms with Gasteiger partial charge in [0.1, 0.15) is 33.6 Å². The van der Waals surface area contributed by atoms with Crippen molar-refractivity contribution in [1.82, 2.24) is 9.47 Å². The number of halogens is 2. The maximum Gasteiger partial charge on any atom is 0.276 e. The number of ether oxygens (including phenoxy) is 2. The second-order valence-electron chi connectivity index (χ2n) is 10.1. The number of hydrogen-bond acceptors (Lipinski definition) is 7. The highest BCUT2D eigenvalue weighted by Gasteiger charge is 2.49. The number of amides is 2. The van der Waals surface area contributed by atoms with Crippen LogP contribution in [-0.4, -0.2) is 60.1 Å². The Labute approximate surface area is 234 Å². The van der Waals surface area contributed by atoms with Crippen molar-refractivity contribution < 1.29 is 36.3 Å². The van der Waals surface area contributed by atoms with Gasteiger partial charge in [-0.2, -0.15) is 0 Å². The fraction of sp³-hybridized carbons (Fsp3) is 0.321. The number of fused-ring (bicyclic) bond motifs is 2. The van der Waals surface area contributed by atoms with E-state index in [0.29, 0.717) is 5.56 Å². The molecule has 5 rings (SSSR count). The number of sulfone groups is 1. The van der Waals surface area contributed by atoms with Crippen molar-refractivity contribution in [2.75, 3.05) is 12.0 Å². The minimum absolute atomic E-state index is 0.0294. The molecule has 10 nitrogen and oxygen atoms in total. The topological polar surface area (TPSA) is 138 Å². The monoisotopic (exact) mass is 587 g/mol. The molecule has 2 aliphatic rings. The van der Waals surface area contributed by atoms with Gasteiger partial charge in [-0.3, -0.25) is 14.4 Å². The van der Waals surface area contributed by atoms with Crippen LogP contribution in [0.25, 0.3) is 0 Å². The Morgan fingerprint density at radius 2 is 1.88 bits per heavy atom. The van der Waals surface area contributed by atoms with E-state index in [4.69, 9.17) is 15.2 Å². The molecule has 3 unspecified atom stereocenters. The fourth-order valence-corrected chi connectivity index (χ4v) is 5.91. The zero-order valence-corrected chi connectivity index (χ0v) is 22.8. The number of nitrogens with zero attached hydrogens (tertiary/aromatic N) is 2. The van der Waals surface area contributed by atoms with Gasteiger partial charge in [0.2, 0.25) is 5.43 Å². The Morgan fingerprint density at radius 3 is 2.54 bits per heavy atom. The predicted molar refractivity (Wildman–Crippen MR) is 143 cm³/mol. The summed E-state index contributed by atoms with van der Waals surface area (Å²) in [4.78, 5) is 40.7. The van der Waals surface area contributed by atoms with Crippen LogP contribution in [0.5, 0.6) is 5.75 Å². The molecule has 2 aliphatic heterocycles. The number of rotatable bonds is 9. The number of aromatic nitrogens is 1. The van der Waals surface area contributed by atoms with Gasteiger partial charge >= 0.3 is 0 Å². The number of primary amides is 1. The van der Waals surface area contributed by atoms with Crippen LogP contribution >= 0.6 is 0 Å². The zero-order chi connectivity index (χ0) is 29.5. The average molecular weight is 588 g/mol. The highest BCUT2D eigenvalue weighted by molar-refractivity contribution is 7.90. The van der Waals surface area contributed by atoms with E-state index >= 15 is 0 Å². The minimum Gasteiger partial charge on any atom is -0.483 e. The summed E-state index contributed by atoms with van der Waals surface area (Å²) in [7, 11) is -3.46. The maximum absolute atomic E-state index is 14.5. The molecule has 0 spiro atoms. The van der Waals surface area contributed by atoms with Crippen LogP contribution in [0.2, 0.25) is 0 Å². The van der Waals surface area contributed by atoms with Crippen LogP contribution < -0.4 is 15.9 Å². The number of carbonyl (C=O) groups excluding carboxylic acids is 2. The van der Waals surface area contributed by atoms with E-state index in [1.165, 1.54) is 21.7 Å². The molecule has 41 heavy (non-hydrogen) atoms. The third kappa shape index (κ3) is 5.86. The molecule has 3 heterocycles. The SMILES string of the molecule is CS(=O)(=O)CCC1C(Cc2ccc(F)cc2F)OC2Cn3cc(C(N)=O)c(=O)c(OCc4ccccc4)c3C(=O)N21. The normalized spacial score (nSPS) is 20.0.